The number of pyridine rings is 1. The zero-order chi connectivity index (χ0) is 10.1. The normalized spacial score (nSPS) is 10.6. The first-order chi connectivity index (χ1) is 6.74. The van der Waals surface area contributed by atoms with Gasteiger partial charge in [0.25, 0.3) is 0 Å². The van der Waals surface area contributed by atoms with E-state index < -0.39 is 0 Å². The van der Waals surface area contributed by atoms with E-state index in [4.69, 9.17) is 0 Å². The molecule has 0 aliphatic heterocycles. The summed E-state index contributed by atoms with van der Waals surface area (Å²) in [6.45, 7) is 5.73. The van der Waals surface area contributed by atoms with Gasteiger partial charge in [0, 0.05) is 11.9 Å². The van der Waals surface area contributed by atoms with Gasteiger partial charge in [0.1, 0.15) is 0 Å². The lowest BCUT2D eigenvalue weighted by atomic mass is 10.4. The summed E-state index contributed by atoms with van der Waals surface area (Å²) in [6.07, 6.45) is 2.41. The van der Waals surface area contributed by atoms with E-state index in [9.17, 15) is 4.79 Å². The van der Waals surface area contributed by atoms with Crippen molar-refractivity contribution in [1.82, 2.24) is 14.2 Å². The molecule has 0 radical (unpaired) electrons. The Balaban J connectivity index is 2.75. The minimum Gasteiger partial charge on any atom is -0.250 e. The molecule has 0 amide bonds. The molecule has 0 atom stereocenters. The summed E-state index contributed by atoms with van der Waals surface area (Å²) >= 11 is 0. The van der Waals surface area contributed by atoms with E-state index in [2.05, 4.69) is 11.7 Å². The van der Waals surface area contributed by atoms with Crippen LogP contribution in [0.4, 0.5) is 0 Å². The highest BCUT2D eigenvalue weighted by Crippen LogP contribution is 2.02. The average molecular weight is 189 g/mol. The summed E-state index contributed by atoms with van der Waals surface area (Å²) in [5.74, 6) is 0. The van der Waals surface area contributed by atoms with Crippen molar-refractivity contribution in [1.29, 1.82) is 0 Å². The van der Waals surface area contributed by atoms with Gasteiger partial charge in [-0.2, -0.15) is 4.68 Å². The van der Waals surface area contributed by atoms with Gasteiger partial charge in [0.2, 0.25) is 0 Å². The van der Waals surface area contributed by atoms with Crippen LogP contribution in [0.25, 0.3) is 11.3 Å². The molecule has 0 spiro atoms. The standard InChI is InChI=1S/C10H11N3O/c1-3-8(2)13-10(14)12-7-5-4-6-9(12)11-13/h4-7H,2-3H2,1H3. The van der Waals surface area contributed by atoms with E-state index >= 15 is 0 Å². The molecule has 0 aliphatic carbocycles. The third-order valence-corrected chi connectivity index (χ3v) is 2.14. The minimum atomic E-state index is -0.160. The first-order valence-corrected chi connectivity index (χ1v) is 4.48. The Hall–Kier alpha value is -1.84. The van der Waals surface area contributed by atoms with Crippen LogP contribution in [0.2, 0.25) is 0 Å². The van der Waals surface area contributed by atoms with Gasteiger partial charge in [-0.15, -0.1) is 5.10 Å². The third-order valence-electron chi connectivity index (χ3n) is 2.14. The lowest BCUT2D eigenvalue weighted by molar-refractivity contribution is 0.830. The number of hydrogen-bond donors (Lipinski definition) is 0. The molecular formula is C10H11N3O. The fraction of sp³-hybridized carbons (Fsp3) is 0.200. The highest BCUT2D eigenvalue weighted by molar-refractivity contribution is 5.43. The SMILES string of the molecule is C=C(CC)n1nc2ccccn2c1=O. The van der Waals surface area contributed by atoms with Gasteiger partial charge in [-0.25, -0.2) is 9.20 Å². The van der Waals surface area contributed by atoms with Gasteiger partial charge in [0.05, 0.1) is 0 Å². The average Bonchev–Trinajstić information content (AvgIpc) is 2.56. The largest absolute Gasteiger partial charge is 0.354 e. The second kappa shape index (κ2) is 3.14. The predicted octanol–water partition coefficient (Wildman–Crippen LogP) is 1.38. The molecule has 0 aromatic carbocycles. The highest BCUT2D eigenvalue weighted by Gasteiger charge is 2.06. The molecule has 2 rings (SSSR count). The zero-order valence-corrected chi connectivity index (χ0v) is 7.97. The van der Waals surface area contributed by atoms with E-state index in [-0.39, 0.29) is 5.69 Å². The van der Waals surface area contributed by atoms with Crippen molar-refractivity contribution in [2.75, 3.05) is 0 Å². The molecule has 4 heteroatoms. The van der Waals surface area contributed by atoms with Gasteiger partial charge in [0.15, 0.2) is 5.65 Å². The van der Waals surface area contributed by atoms with Crippen LogP contribution >= 0.6 is 0 Å². The molecule has 2 heterocycles. The van der Waals surface area contributed by atoms with Gasteiger partial charge in [-0.1, -0.05) is 19.6 Å². The van der Waals surface area contributed by atoms with Gasteiger partial charge in [-0.05, 0) is 18.6 Å². The molecule has 0 fully saturated rings. The predicted molar refractivity (Wildman–Crippen MR) is 55.1 cm³/mol. The van der Waals surface area contributed by atoms with Gasteiger partial charge >= 0.3 is 5.69 Å². The van der Waals surface area contributed by atoms with Crippen LogP contribution in [0.5, 0.6) is 0 Å². The summed E-state index contributed by atoms with van der Waals surface area (Å²) in [6, 6.07) is 5.44. The van der Waals surface area contributed by atoms with Crippen molar-refractivity contribution >= 4 is 11.3 Å². The molecule has 72 valence electrons. The molecule has 0 N–H and O–H groups in total. The Morgan fingerprint density at radius 3 is 3.00 bits per heavy atom. The Labute approximate surface area is 81.1 Å². The number of nitrogens with zero attached hydrogens (tertiary/aromatic N) is 3. The molecule has 0 saturated heterocycles. The Morgan fingerprint density at radius 2 is 2.36 bits per heavy atom. The summed E-state index contributed by atoms with van der Waals surface area (Å²) in [7, 11) is 0. The fourth-order valence-electron chi connectivity index (χ4n) is 1.28. The van der Waals surface area contributed by atoms with Crippen LogP contribution in [0.3, 0.4) is 0 Å². The number of allylic oxidation sites excluding steroid dienone is 1. The Kier molecular flexibility index (Phi) is 1.96. The number of hydrogen-bond acceptors (Lipinski definition) is 2. The Morgan fingerprint density at radius 1 is 1.57 bits per heavy atom. The van der Waals surface area contributed by atoms with Gasteiger partial charge in [-0.3, -0.25) is 0 Å². The first-order valence-electron chi connectivity index (χ1n) is 4.48. The van der Waals surface area contributed by atoms with E-state index in [1.165, 1.54) is 9.08 Å². The van der Waals surface area contributed by atoms with Gasteiger partial charge < -0.3 is 0 Å². The van der Waals surface area contributed by atoms with Crippen LogP contribution in [-0.2, 0) is 0 Å². The summed E-state index contributed by atoms with van der Waals surface area (Å²) in [4.78, 5) is 11.7. The number of rotatable bonds is 2. The molecule has 2 aromatic rings. The molecule has 2 aromatic heterocycles. The van der Waals surface area contributed by atoms with Crippen molar-refractivity contribution < 1.29 is 0 Å². The van der Waals surface area contributed by atoms with Crippen LogP contribution in [0.1, 0.15) is 13.3 Å². The third kappa shape index (κ3) is 1.16. The summed E-state index contributed by atoms with van der Waals surface area (Å²) in [5, 5.41) is 4.15. The van der Waals surface area contributed by atoms with Crippen LogP contribution in [0, 0.1) is 0 Å². The molecule has 0 bridgehead atoms. The molecular weight excluding hydrogens is 178 g/mol. The van der Waals surface area contributed by atoms with Crippen molar-refractivity contribution in [3.05, 3.63) is 41.5 Å². The van der Waals surface area contributed by atoms with Crippen molar-refractivity contribution in [2.24, 2.45) is 0 Å². The first kappa shape index (κ1) is 8.74. The van der Waals surface area contributed by atoms with Crippen LogP contribution < -0.4 is 5.69 Å². The van der Waals surface area contributed by atoms with E-state index in [1.807, 2.05) is 13.0 Å². The second-order valence-corrected chi connectivity index (χ2v) is 3.04. The summed E-state index contributed by atoms with van der Waals surface area (Å²) in [5.41, 5.74) is 1.19. The van der Waals surface area contributed by atoms with Crippen molar-refractivity contribution in [3.8, 4) is 0 Å². The van der Waals surface area contributed by atoms with E-state index in [0.29, 0.717) is 17.8 Å². The number of fused-ring (bicyclic) bond motifs is 1. The van der Waals surface area contributed by atoms with Crippen LogP contribution in [-0.4, -0.2) is 14.2 Å². The topological polar surface area (TPSA) is 39.3 Å². The van der Waals surface area contributed by atoms with Crippen molar-refractivity contribution in [2.45, 2.75) is 13.3 Å². The quantitative estimate of drug-likeness (QED) is 0.715. The maximum atomic E-state index is 11.7. The lowest BCUT2D eigenvalue weighted by Gasteiger charge is -1.96. The lowest BCUT2D eigenvalue weighted by Crippen LogP contribution is -2.19. The minimum absolute atomic E-state index is 0.160. The monoisotopic (exact) mass is 189 g/mol. The molecule has 0 aliphatic rings. The highest BCUT2D eigenvalue weighted by atomic mass is 16.2. The number of aromatic nitrogens is 3. The molecule has 0 unspecified atom stereocenters. The molecule has 14 heavy (non-hydrogen) atoms. The van der Waals surface area contributed by atoms with E-state index in [1.54, 1.807) is 18.3 Å². The molecule has 0 saturated carbocycles. The Bertz CT molecular complexity index is 536. The summed E-state index contributed by atoms with van der Waals surface area (Å²) < 4.78 is 2.84. The van der Waals surface area contributed by atoms with E-state index in [0.717, 1.165) is 0 Å². The van der Waals surface area contributed by atoms with Crippen molar-refractivity contribution in [3.63, 3.8) is 0 Å². The van der Waals surface area contributed by atoms with Crippen LogP contribution in [0.15, 0.2) is 35.8 Å². The fourth-order valence-corrected chi connectivity index (χ4v) is 1.28. The maximum absolute atomic E-state index is 11.7. The molecule has 4 nitrogen and oxygen atoms in total. The smallest absolute Gasteiger partial charge is 0.250 e. The maximum Gasteiger partial charge on any atom is 0.354 e. The second-order valence-electron chi connectivity index (χ2n) is 3.04. The zero-order valence-electron chi connectivity index (χ0n) is 7.97.